The van der Waals surface area contributed by atoms with Gasteiger partial charge in [-0.2, -0.15) is 0 Å². The molecule has 1 aromatic heterocycles. The third-order valence-corrected chi connectivity index (χ3v) is 4.23. The van der Waals surface area contributed by atoms with E-state index < -0.39 is 0 Å². The van der Waals surface area contributed by atoms with Crippen molar-refractivity contribution in [3.63, 3.8) is 0 Å². The van der Waals surface area contributed by atoms with Crippen LogP contribution in [-0.2, 0) is 0 Å². The van der Waals surface area contributed by atoms with Crippen LogP contribution >= 0.6 is 0 Å². The minimum Gasteiger partial charge on any atom is -0.336 e. The molecule has 1 atom stereocenters. The molecule has 1 aliphatic heterocycles. The van der Waals surface area contributed by atoms with Crippen molar-refractivity contribution in [2.45, 2.75) is 32.7 Å². The summed E-state index contributed by atoms with van der Waals surface area (Å²) in [5.74, 6) is 0.118. The topological polar surface area (TPSA) is 62.5 Å². The van der Waals surface area contributed by atoms with Crippen LogP contribution in [0.5, 0.6) is 0 Å². The number of nitrogens with two attached hydrogens (primary N) is 1. The molecule has 1 fully saturated rings. The highest BCUT2D eigenvalue weighted by molar-refractivity contribution is 5.94. The predicted molar refractivity (Wildman–Crippen MR) is 84.2 cm³/mol. The predicted octanol–water partition coefficient (Wildman–Crippen LogP) is 1.28. The maximum atomic E-state index is 12.5. The first-order valence-electron chi connectivity index (χ1n) is 7.81. The van der Waals surface area contributed by atoms with Crippen molar-refractivity contribution in [2.24, 2.45) is 5.73 Å². The molecule has 0 aliphatic carbocycles. The van der Waals surface area contributed by atoms with Gasteiger partial charge in [0.25, 0.3) is 5.91 Å². The number of carbonyl (C=O) groups is 1. The fraction of sp³-hybridized carbons (Fsp3) is 0.625. The van der Waals surface area contributed by atoms with Crippen molar-refractivity contribution >= 4 is 5.91 Å². The summed E-state index contributed by atoms with van der Waals surface area (Å²) in [7, 11) is 0. The Balaban J connectivity index is 1.93. The van der Waals surface area contributed by atoms with E-state index in [0.717, 1.165) is 56.8 Å². The summed E-state index contributed by atoms with van der Waals surface area (Å²) in [5, 5.41) is 0. The molecule has 1 saturated heterocycles. The van der Waals surface area contributed by atoms with E-state index in [2.05, 4.69) is 16.8 Å². The molecule has 2 N–H and O–H groups in total. The van der Waals surface area contributed by atoms with Gasteiger partial charge in [0, 0.05) is 49.7 Å². The molecule has 0 saturated carbocycles. The second kappa shape index (κ2) is 7.52. The Morgan fingerprint density at radius 2 is 2.10 bits per heavy atom. The van der Waals surface area contributed by atoms with Gasteiger partial charge in [-0.15, -0.1) is 0 Å². The van der Waals surface area contributed by atoms with Crippen LogP contribution in [0.15, 0.2) is 18.3 Å². The van der Waals surface area contributed by atoms with Crippen molar-refractivity contribution in [3.05, 3.63) is 29.6 Å². The number of nitrogens with zero attached hydrogens (tertiary/aromatic N) is 3. The van der Waals surface area contributed by atoms with Gasteiger partial charge in [-0.1, -0.05) is 6.92 Å². The third-order valence-electron chi connectivity index (χ3n) is 4.23. The van der Waals surface area contributed by atoms with Crippen LogP contribution in [0.3, 0.4) is 0 Å². The third kappa shape index (κ3) is 4.02. The van der Waals surface area contributed by atoms with Crippen LogP contribution < -0.4 is 5.73 Å². The molecule has 0 spiro atoms. The SMILES string of the molecule is CCC(CCN)N1CCN(C(=O)c2ccnc(C)c2)CC1. The van der Waals surface area contributed by atoms with Crippen molar-refractivity contribution in [3.8, 4) is 0 Å². The van der Waals surface area contributed by atoms with Gasteiger partial charge in [-0.25, -0.2) is 0 Å². The van der Waals surface area contributed by atoms with E-state index in [9.17, 15) is 4.79 Å². The summed E-state index contributed by atoms with van der Waals surface area (Å²) >= 11 is 0. The molecule has 5 heteroatoms. The second-order valence-electron chi connectivity index (χ2n) is 5.65. The quantitative estimate of drug-likeness (QED) is 0.887. The normalized spacial score (nSPS) is 17.8. The Morgan fingerprint density at radius 1 is 1.38 bits per heavy atom. The van der Waals surface area contributed by atoms with Gasteiger partial charge < -0.3 is 10.6 Å². The molecule has 21 heavy (non-hydrogen) atoms. The van der Waals surface area contributed by atoms with Crippen LogP contribution in [0, 0.1) is 6.92 Å². The van der Waals surface area contributed by atoms with E-state index in [1.165, 1.54) is 0 Å². The minimum atomic E-state index is 0.118. The molecule has 1 aromatic rings. The van der Waals surface area contributed by atoms with Crippen LogP contribution in [0.25, 0.3) is 0 Å². The maximum absolute atomic E-state index is 12.5. The second-order valence-corrected chi connectivity index (χ2v) is 5.65. The number of hydrogen-bond donors (Lipinski definition) is 1. The van der Waals surface area contributed by atoms with Crippen molar-refractivity contribution in [1.29, 1.82) is 0 Å². The number of hydrogen-bond acceptors (Lipinski definition) is 4. The lowest BCUT2D eigenvalue weighted by atomic mass is 10.1. The number of aromatic nitrogens is 1. The van der Waals surface area contributed by atoms with E-state index in [-0.39, 0.29) is 5.91 Å². The van der Waals surface area contributed by atoms with Crippen LogP contribution in [0.2, 0.25) is 0 Å². The zero-order chi connectivity index (χ0) is 15.2. The van der Waals surface area contributed by atoms with Crippen LogP contribution in [0.1, 0.15) is 35.8 Å². The molecular weight excluding hydrogens is 264 g/mol. The maximum Gasteiger partial charge on any atom is 0.254 e. The standard InChI is InChI=1S/C16H26N4O/c1-3-15(4-6-17)19-8-10-20(11-9-19)16(21)14-5-7-18-13(2)12-14/h5,7,12,15H,3-4,6,8-11,17H2,1-2H3. The van der Waals surface area contributed by atoms with E-state index in [1.807, 2.05) is 17.9 Å². The highest BCUT2D eigenvalue weighted by Crippen LogP contribution is 2.14. The first-order valence-corrected chi connectivity index (χ1v) is 7.81. The van der Waals surface area contributed by atoms with Crippen LogP contribution in [0.4, 0.5) is 0 Å². The van der Waals surface area contributed by atoms with Crippen molar-refractivity contribution < 1.29 is 4.79 Å². The minimum absolute atomic E-state index is 0.118. The van der Waals surface area contributed by atoms with Gasteiger partial charge in [0.05, 0.1) is 0 Å². The van der Waals surface area contributed by atoms with E-state index in [4.69, 9.17) is 5.73 Å². The average molecular weight is 290 g/mol. The molecule has 1 amide bonds. The van der Waals surface area contributed by atoms with Gasteiger partial charge in [-0.05, 0) is 38.4 Å². The Kier molecular flexibility index (Phi) is 5.70. The number of amides is 1. The Labute approximate surface area is 127 Å². The van der Waals surface area contributed by atoms with Gasteiger partial charge in [-0.3, -0.25) is 14.7 Å². The zero-order valence-electron chi connectivity index (χ0n) is 13.1. The summed E-state index contributed by atoms with van der Waals surface area (Å²) in [4.78, 5) is 21.0. The molecule has 0 aromatic carbocycles. The Bertz CT molecular complexity index is 469. The number of piperazine rings is 1. The van der Waals surface area contributed by atoms with E-state index in [0.29, 0.717) is 6.04 Å². The first kappa shape index (κ1) is 15.9. The highest BCUT2D eigenvalue weighted by Gasteiger charge is 2.25. The summed E-state index contributed by atoms with van der Waals surface area (Å²) < 4.78 is 0. The lowest BCUT2D eigenvalue weighted by Crippen LogP contribution is -2.52. The molecule has 0 radical (unpaired) electrons. The average Bonchev–Trinajstić information content (AvgIpc) is 2.52. The van der Waals surface area contributed by atoms with Crippen molar-refractivity contribution in [1.82, 2.24) is 14.8 Å². The summed E-state index contributed by atoms with van der Waals surface area (Å²) in [6.07, 6.45) is 3.86. The largest absolute Gasteiger partial charge is 0.336 e. The summed E-state index contributed by atoms with van der Waals surface area (Å²) in [6, 6.07) is 4.21. The van der Waals surface area contributed by atoms with E-state index >= 15 is 0 Å². The van der Waals surface area contributed by atoms with Crippen molar-refractivity contribution in [2.75, 3.05) is 32.7 Å². The Hall–Kier alpha value is -1.46. The highest BCUT2D eigenvalue weighted by atomic mass is 16.2. The monoisotopic (exact) mass is 290 g/mol. The molecule has 0 bridgehead atoms. The summed E-state index contributed by atoms with van der Waals surface area (Å²) in [5.41, 5.74) is 7.30. The fourth-order valence-corrected chi connectivity index (χ4v) is 2.99. The smallest absolute Gasteiger partial charge is 0.254 e. The molecular formula is C16H26N4O. The molecule has 1 unspecified atom stereocenters. The lowest BCUT2D eigenvalue weighted by molar-refractivity contribution is 0.0556. The number of pyridine rings is 1. The van der Waals surface area contributed by atoms with Gasteiger partial charge in [0.1, 0.15) is 0 Å². The number of carbonyl (C=O) groups excluding carboxylic acids is 1. The first-order chi connectivity index (χ1) is 10.2. The molecule has 5 nitrogen and oxygen atoms in total. The summed E-state index contributed by atoms with van der Waals surface area (Å²) in [6.45, 7) is 8.31. The number of rotatable bonds is 5. The molecule has 1 aliphatic rings. The Morgan fingerprint density at radius 3 is 2.67 bits per heavy atom. The molecule has 2 rings (SSSR count). The number of aryl methyl sites for hydroxylation is 1. The molecule has 116 valence electrons. The zero-order valence-corrected chi connectivity index (χ0v) is 13.1. The molecule has 2 heterocycles. The van der Waals surface area contributed by atoms with Gasteiger partial charge in [0.15, 0.2) is 0 Å². The van der Waals surface area contributed by atoms with Gasteiger partial charge in [0.2, 0.25) is 0 Å². The fourth-order valence-electron chi connectivity index (χ4n) is 2.99. The lowest BCUT2D eigenvalue weighted by Gasteiger charge is -2.39. The van der Waals surface area contributed by atoms with Gasteiger partial charge >= 0.3 is 0 Å². The van der Waals surface area contributed by atoms with Crippen LogP contribution in [-0.4, -0.2) is 59.5 Å². The van der Waals surface area contributed by atoms with E-state index in [1.54, 1.807) is 12.3 Å².